The number of halogens is 2. The molecule has 0 spiro atoms. The standard InChI is InChI=1S/C10H10F2O2S/c1-6(10(13)14)15-5-7-4-8(11)2-3-9(7)12/h2-4,6H,5H2,1H3,(H,13,14). The molecule has 1 rings (SSSR count). The van der Waals surface area contributed by atoms with Crippen LogP contribution >= 0.6 is 11.8 Å². The number of carboxylic acid groups (broad SMARTS) is 1. The van der Waals surface area contributed by atoms with Gasteiger partial charge in [0.15, 0.2) is 0 Å². The van der Waals surface area contributed by atoms with Gasteiger partial charge in [0.05, 0.1) is 5.25 Å². The predicted octanol–water partition coefficient (Wildman–Crippen LogP) is 2.67. The van der Waals surface area contributed by atoms with Crippen molar-refractivity contribution in [1.82, 2.24) is 0 Å². The maximum absolute atomic E-state index is 13.1. The summed E-state index contributed by atoms with van der Waals surface area (Å²) >= 11 is 1.05. The molecule has 0 bridgehead atoms. The van der Waals surface area contributed by atoms with E-state index in [2.05, 4.69) is 0 Å². The second kappa shape index (κ2) is 5.11. The van der Waals surface area contributed by atoms with Crippen molar-refractivity contribution in [3.63, 3.8) is 0 Å². The summed E-state index contributed by atoms with van der Waals surface area (Å²) < 4.78 is 25.8. The molecule has 0 heterocycles. The highest BCUT2D eigenvalue weighted by molar-refractivity contribution is 7.99. The summed E-state index contributed by atoms with van der Waals surface area (Å²) in [5, 5.41) is 7.96. The van der Waals surface area contributed by atoms with Crippen LogP contribution < -0.4 is 0 Å². The largest absolute Gasteiger partial charge is 0.480 e. The van der Waals surface area contributed by atoms with E-state index in [1.807, 2.05) is 0 Å². The maximum Gasteiger partial charge on any atom is 0.316 e. The summed E-state index contributed by atoms with van der Waals surface area (Å²) in [7, 11) is 0. The Balaban J connectivity index is 2.65. The van der Waals surface area contributed by atoms with Gasteiger partial charge in [0.25, 0.3) is 0 Å². The molecule has 0 aromatic heterocycles. The van der Waals surface area contributed by atoms with Crippen LogP contribution in [0.3, 0.4) is 0 Å². The zero-order chi connectivity index (χ0) is 11.4. The van der Waals surface area contributed by atoms with Gasteiger partial charge in [-0.2, -0.15) is 0 Å². The molecule has 0 saturated heterocycles. The maximum atomic E-state index is 13.1. The average Bonchev–Trinajstić information content (AvgIpc) is 2.18. The van der Waals surface area contributed by atoms with Crippen molar-refractivity contribution in [3.05, 3.63) is 35.4 Å². The Morgan fingerprint density at radius 2 is 2.20 bits per heavy atom. The highest BCUT2D eigenvalue weighted by Gasteiger charge is 2.12. The first kappa shape index (κ1) is 12.0. The quantitative estimate of drug-likeness (QED) is 0.867. The van der Waals surface area contributed by atoms with Crippen LogP contribution in [0, 0.1) is 11.6 Å². The van der Waals surface area contributed by atoms with Crippen LogP contribution in [-0.2, 0) is 10.5 Å². The molecule has 15 heavy (non-hydrogen) atoms. The van der Waals surface area contributed by atoms with Gasteiger partial charge in [0.1, 0.15) is 11.6 Å². The fourth-order valence-corrected chi connectivity index (χ4v) is 1.73. The number of hydrogen-bond acceptors (Lipinski definition) is 2. The van der Waals surface area contributed by atoms with Gasteiger partial charge in [-0.05, 0) is 25.1 Å². The van der Waals surface area contributed by atoms with Crippen molar-refractivity contribution in [1.29, 1.82) is 0 Å². The van der Waals surface area contributed by atoms with Crippen molar-refractivity contribution in [2.75, 3.05) is 0 Å². The lowest BCUT2D eigenvalue weighted by atomic mass is 10.2. The van der Waals surface area contributed by atoms with Crippen molar-refractivity contribution >= 4 is 17.7 Å². The summed E-state index contributed by atoms with van der Waals surface area (Å²) in [5.41, 5.74) is 0.188. The predicted molar refractivity (Wildman–Crippen MR) is 54.8 cm³/mol. The first-order valence-corrected chi connectivity index (χ1v) is 5.34. The molecule has 1 aromatic carbocycles. The molecule has 0 radical (unpaired) electrons. The average molecular weight is 232 g/mol. The van der Waals surface area contributed by atoms with Crippen LogP contribution in [0.5, 0.6) is 0 Å². The van der Waals surface area contributed by atoms with Gasteiger partial charge in [-0.3, -0.25) is 4.79 Å². The second-order valence-corrected chi connectivity index (χ2v) is 4.36. The molecule has 1 aromatic rings. The van der Waals surface area contributed by atoms with Crippen LogP contribution in [0.2, 0.25) is 0 Å². The van der Waals surface area contributed by atoms with Gasteiger partial charge in [0.2, 0.25) is 0 Å². The minimum Gasteiger partial charge on any atom is -0.480 e. The zero-order valence-electron chi connectivity index (χ0n) is 8.04. The second-order valence-electron chi connectivity index (χ2n) is 3.03. The van der Waals surface area contributed by atoms with Crippen molar-refractivity contribution in [2.45, 2.75) is 17.9 Å². The van der Waals surface area contributed by atoms with Crippen molar-refractivity contribution in [3.8, 4) is 0 Å². The Labute approximate surface area is 90.3 Å². The summed E-state index contributed by atoms with van der Waals surface area (Å²) in [5.74, 6) is -1.84. The van der Waals surface area contributed by atoms with E-state index < -0.39 is 22.9 Å². The number of thioether (sulfide) groups is 1. The fraction of sp³-hybridized carbons (Fsp3) is 0.300. The van der Waals surface area contributed by atoms with E-state index in [1.165, 1.54) is 6.92 Å². The van der Waals surface area contributed by atoms with Gasteiger partial charge in [-0.1, -0.05) is 0 Å². The van der Waals surface area contributed by atoms with Crippen LogP contribution in [0.1, 0.15) is 12.5 Å². The number of carbonyl (C=O) groups is 1. The highest BCUT2D eigenvalue weighted by Crippen LogP contribution is 2.20. The third-order valence-corrected chi connectivity index (χ3v) is 3.02. The van der Waals surface area contributed by atoms with E-state index >= 15 is 0 Å². The van der Waals surface area contributed by atoms with Gasteiger partial charge in [0, 0.05) is 11.3 Å². The molecule has 82 valence electrons. The topological polar surface area (TPSA) is 37.3 Å². The Bertz CT molecular complexity index is 368. The monoisotopic (exact) mass is 232 g/mol. The van der Waals surface area contributed by atoms with Gasteiger partial charge in [-0.25, -0.2) is 8.78 Å². The fourth-order valence-electron chi connectivity index (χ4n) is 0.940. The summed E-state index contributed by atoms with van der Waals surface area (Å²) in [4.78, 5) is 10.5. The SMILES string of the molecule is CC(SCc1cc(F)ccc1F)C(=O)O. The molecule has 0 amide bonds. The Hall–Kier alpha value is -1.10. The van der Waals surface area contributed by atoms with E-state index in [9.17, 15) is 13.6 Å². The van der Waals surface area contributed by atoms with Crippen molar-refractivity contribution < 1.29 is 18.7 Å². The smallest absolute Gasteiger partial charge is 0.316 e. The number of aliphatic carboxylic acids is 1. The van der Waals surface area contributed by atoms with Crippen LogP contribution in [0.15, 0.2) is 18.2 Å². The summed E-state index contributed by atoms with van der Waals surface area (Å²) in [6.45, 7) is 1.50. The van der Waals surface area contributed by atoms with Gasteiger partial charge >= 0.3 is 5.97 Å². The minimum atomic E-state index is -0.961. The minimum absolute atomic E-state index is 0.150. The lowest BCUT2D eigenvalue weighted by Gasteiger charge is -2.06. The molecule has 2 nitrogen and oxygen atoms in total. The molecule has 1 N–H and O–H groups in total. The highest BCUT2D eigenvalue weighted by atomic mass is 32.2. The Morgan fingerprint density at radius 3 is 2.80 bits per heavy atom. The number of rotatable bonds is 4. The summed E-state index contributed by atoms with van der Waals surface area (Å²) in [6, 6.07) is 3.15. The molecule has 0 saturated carbocycles. The Kier molecular flexibility index (Phi) is 4.08. The molecular weight excluding hydrogens is 222 g/mol. The summed E-state index contributed by atoms with van der Waals surface area (Å²) in [6.07, 6.45) is 0. The molecule has 5 heteroatoms. The molecule has 0 aliphatic rings. The number of carboxylic acids is 1. The van der Waals surface area contributed by atoms with E-state index in [4.69, 9.17) is 5.11 Å². The van der Waals surface area contributed by atoms with Crippen LogP contribution in [0.25, 0.3) is 0 Å². The first-order valence-electron chi connectivity index (χ1n) is 4.29. The van der Waals surface area contributed by atoms with Crippen molar-refractivity contribution in [2.24, 2.45) is 0 Å². The molecule has 0 aliphatic heterocycles. The van der Waals surface area contributed by atoms with E-state index in [-0.39, 0.29) is 11.3 Å². The van der Waals surface area contributed by atoms with Gasteiger partial charge in [-0.15, -0.1) is 11.8 Å². The lowest BCUT2D eigenvalue weighted by Crippen LogP contribution is -2.11. The molecule has 0 fully saturated rings. The molecule has 1 unspecified atom stereocenters. The zero-order valence-corrected chi connectivity index (χ0v) is 8.85. The van der Waals surface area contributed by atoms with E-state index in [1.54, 1.807) is 0 Å². The van der Waals surface area contributed by atoms with E-state index in [0.717, 1.165) is 30.0 Å². The normalized spacial score (nSPS) is 12.5. The van der Waals surface area contributed by atoms with Crippen LogP contribution in [-0.4, -0.2) is 16.3 Å². The van der Waals surface area contributed by atoms with E-state index in [0.29, 0.717) is 0 Å². The Morgan fingerprint density at radius 1 is 1.53 bits per heavy atom. The molecule has 0 aliphatic carbocycles. The molecule has 1 atom stereocenters. The molecular formula is C10H10F2O2S. The lowest BCUT2D eigenvalue weighted by molar-refractivity contribution is -0.136. The third kappa shape index (κ3) is 3.51. The first-order chi connectivity index (χ1) is 7.00. The number of benzene rings is 1. The van der Waals surface area contributed by atoms with Crippen LogP contribution in [0.4, 0.5) is 8.78 Å². The van der Waals surface area contributed by atoms with Gasteiger partial charge < -0.3 is 5.11 Å². The third-order valence-electron chi connectivity index (χ3n) is 1.84. The number of hydrogen-bond donors (Lipinski definition) is 1.